The fraction of sp³-hybridized carbons (Fsp3) is 0.625. The van der Waals surface area contributed by atoms with E-state index >= 15 is 0 Å². The molecule has 4 heteroatoms. The van der Waals surface area contributed by atoms with Gasteiger partial charge in [-0.3, -0.25) is 0 Å². The summed E-state index contributed by atoms with van der Waals surface area (Å²) in [7, 11) is 0. The number of rotatable bonds is 7. The minimum absolute atomic E-state index is 0.190. The Morgan fingerprint density at radius 3 is 2.70 bits per heavy atom. The zero-order valence-corrected chi connectivity index (χ0v) is 12.6. The first-order valence-electron chi connectivity index (χ1n) is 7.65. The van der Waals surface area contributed by atoms with Crippen molar-refractivity contribution in [2.45, 2.75) is 26.4 Å². The minimum Gasteiger partial charge on any atom is -0.490 e. The molecule has 0 bridgehead atoms. The second-order valence-corrected chi connectivity index (χ2v) is 5.05. The zero-order valence-electron chi connectivity index (χ0n) is 12.6. The van der Waals surface area contributed by atoms with E-state index in [-0.39, 0.29) is 6.10 Å². The van der Waals surface area contributed by atoms with E-state index in [0.717, 1.165) is 57.3 Å². The molecule has 1 aromatic carbocycles. The van der Waals surface area contributed by atoms with Crippen molar-refractivity contribution < 1.29 is 9.47 Å². The highest BCUT2D eigenvalue weighted by Crippen LogP contribution is 2.30. The summed E-state index contributed by atoms with van der Waals surface area (Å²) in [6.07, 6.45) is 1.11. The molecule has 0 amide bonds. The molecular formula is C16H26N2O2. The third kappa shape index (κ3) is 4.39. The van der Waals surface area contributed by atoms with Gasteiger partial charge in [0, 0.05) is 26.1 Å². The molecule has 0 saturated carbocycles. The lowest BCUT2D eigenvalue weighted by molar-refractivity contribution is 0.185. The molecule has 0 radical (unpaired) electrons. The van der Waals surface area contributed by atoms with Gasteiger partial charge in [0.1, 0.15) is 6.10 Å². The second-order valence-electron chi connectivity index (χ2n) is 5.05. The molecule has 20 heavy (non-hydrogen) atoms. The molecule has 1 heterocycles. The van der Waals surface area contributed by atoms with Crippen LogP contribution in [0.15, 0.2) is 24.3 Å². The summed E-state index contributed by atoms with van der Waals surface area (Å²) in [6.45, 7) is 10.3. The molecule has 0 aliphatic carbocycles. The Bertz CT molecular complexity index is 394. The topological polar surface area (TPSA) is 33.7 Å². The Hall–Kier alpha value is -1.26. The summed E-state index contributed by atoms with van der Waals surface area (Å²) in [6, 6.07) is 7.90. The van der Waals surface area contributed by atoms with Crippen LogP contribution in [-0.4, -0.2) is 50.3 Å². The smallest absolute Gasteiger partial charge is 0.161 e. The third-order valence-electron chi connectivity index (χ3n) is 3.71. The van der Waals surface area contributed by atoms with Gasteiger partial charge in [0.05, 0.1) is 6.61 Å². The number of nitrogens with zero attached hydrogens (tertiary/aromatic N) is 1. The number of ether oxygens (including phenoxy) is 2. The van der Waals surface area contributed by atoms with Crippen LogP contribution in [0, 0.1) is 0 Å². The maximum absolute atomic E-state index is 6.02. The lowest BCUT2D eigenvalue weighted by atomic mass is 10.2. The van der Waals surface area contributed by atoms with Crippen molar-refractivity contribution in [2.75, 3.05) is 39.3 Å². The van der Waals surface area contributed by atoms with Gasteiger partial charge < -0.3 is 19.7 Å². The highest BCUT2D eigenvalue weighted by Gasteiger charge is 2.17. The summed E-state index contributed by atoms with van der Waals surface area (Å²) >= 11 is 0. The molecule has 1 unspecified atom stereocenters. The summed E-state index contributed by atoms with van der Waals surface area (Å²) in [5.41, 5.74) is 0. The number of nitrogens with one attached hydrogen (secondary N) is 1. The van der Waals surface area contributed by atoms with E-state index in [1.807, 2.05) is 24.3 Å². The van der Waals surface area contributed by atoms with Gasteiger partial charge in [-0.1, -0.05) is 26.0 Å². The Kier molecular flexibility index (Phi) is 6.15. The molecule has 1 aromatic rings. The maximum atomic E-state index is 6.02. The van der Waals surface area contributed by atoms with Gasteiger partial charge in [0.2, 0.25) is 0 Å². The summed E-state index contributed by atoms with van der Waals surface area (Å²) in [5.74, 6) is 1.72. The van der Waals surface area contributed by atoms with E-state index in [2.05, 4.69) is 24.1 Å². The Morgan fingerprint density at radius 1 is 1.20 bits per heavy atom. The van der Waals surface area contributed by atoms with Crippen molar-refractivity contribution >= 4 is 0 Å². The minimum atomic E-state index is 0.190. The molecule has 112 valence electrons. The largest absolute Gasteiger partial charge is 0.490 e. The van der Waals surface area contributed by atoms with Crippen molar-refractivity contribution in [1.29, 1.82) is 0 Å². The lowest BCUT2D eigenvalue weighted by Crippen LogP contribution is -2.37. The van der Waals surface area contributed by atoms with Crippen LogP contribution in [0.2, 0.25) is 0 Å². The van der Waals surface area contributed by atoms with E-state index in [1.165, 1.54) is 0 Å². The molecule has 1 N–H and O–H groups in total. The number of hydrogen-bond acceptors (Lipinski definition) is 4. The fourth-order valence-corrected chi connectivity index (χ4v) is 2.39. The molecule has 0 saturated heterocycles. The van der Waals surface area contributed by atoms with E-state index in [0.29, 0.717) is 0 Å². The number of para-hydroxylation sites is 2. The van der Waals surface area contributed by atoms with Crippen LogP contribution in [0.1, 0.15) is 20.3 Å². The Labute approximate surface area is 122 Å². The van der Waals surface area contributed by atoms with Crippen molar-refractivity contribution in [3.63, 3.8) is 0 Å². The van der Waals surface area contributed by atoms with Gasteiger partial charge in [-0.05, 0) is 25.2 Å². The fourth-order valence-electron chi connectivity index (χ4n) is 2.39. The number of hydrogen-bond donors (Lipinski definition) is 1. The average Bonchev–Trinajstić information content (AvgIpc) is 2.69. The van der Waals surface area contributed by atoms with Gasteiger partial charge in [-0.25, -0.2) is 0 Å². The molecule has 1 aliphatic heterocycles. The van der Waals surface area contributed by atoms with E-state index < -0.39 is 0 Å². The predicted molar refractivity (Wildman–Crippen MR) is 81.6 cm³/mol. The monoisotopic (exact) mass is 278 g/mol. The second kappa shape index (κ2) is 8.12. The standard InChI is InChI=1S/C16H26N2O2/c1-3-18(4-2)11-10-17-13-14-9-12-19-15-7-5-6-8-16(15)20-14/h5-8,14,17H,3-4,9-13H2,1-2H3. The zero-order chi connectivity index (χ0) is 14.2. The molecular weight excluding hydrogens is 252 g/mol. The van der Waals surface area contributed by atoms with Gasteiger partial charge in [0.15, 0.2) is 11.5 Å². The maximum Gasteiger partial charge on any atom is 0.161 e. The molecule has 0 spiro atoms. The molecule has 0 aromatic heterocycles. The molecule has 2 rings (SSSR count). The van der Waals surface area contributed by atoms with Crippen LogP contribution >= 0.6 is 0 Å². The van der Waals surface area contributed by atoms with Crippen molar-refractivity contribution in [2.24, 2.45) is 0 Å². The van der Waals surface area contributed by atoms with Crippen molar-refractivity contribution in [3.8, 4) is 11.5 Å². The van der Waals surface area contributed by atoms with Crippen LogP contribution in [0.3, 0.4) is 0 Å². The van der Waals surface area contributed by atoms with Gasteiger partial charge >= 0.3 is 0 Å². The molecule has 4 nitrogen and oxygen atoms in total. The van der Waals surface area contributed by atoms with E-state index in [4.69, 9.17) is 9.47 Å². The molecule has 1 atom stereocenters. The van der Waals surface area contributed by atoms with Crippen LogP contribution < -0.4 is 14.8 Å². The SMILES string of the molecule is CCN(CC)CCNCC1CCOc2ccccc2O1. The van der Waals surface area contributed by atoms with Gasteiger partial charge in [0.25, 0.3) is 0 Å². The predicted octanol–water partition coefficient (Wildman–Crippen LogP) is 2.15. The quantitative estimate of drug-likeness (QED) is 0.775. The number of benzene rings is 1. The van der Waals surface area contributed by atoms with Crippen molar-refractivity contribution in [3.05, 3.63) is 24.3 Å². The number of likely N-dealkylation sites (N-methyl/N-ethyl adjacent to an activating group) is 1. The first-order valence-corrected chi connectivity index (χ1v) is 7.65. The highest BCUT2D eigenvalue weighted by atomic mass is 16.5. The van der Waals surface area contributed by atoms with E-state index in [9.17, 15) is 0 Å². The van der Waals surface area contributed by atoms with Crippen LogP contribution in [0.4, 0.5) is 0 Å². The first kappa shape index (κ1) is 15.1. The Morgan fingerprint density at radius 2 is 1.95 bits per heavy atom. The summed E-state index contributed by atoms with van der Waals surface area (Å²) < 4.78 is 11.7. The van der Waals surface area contributed by atoms with Crippen molar-refractivity contribution in [1.82, 2.24) is 10.2 Å². The first-order chi connectivity index (χ1) is 9.83. The molecule has 0 fully saturated rings. The van der Waals surface area contributed by atoms with Crippen LogP contribution in [0.5, 0.6) is 11.5 Å². The lowest BCUT2D eigenvalue weighted by Gasteiger charge is -2.20. The number of fused-ring (bicyclic) bond motifs is 1. The third-order valence-corrected chi connectivity index (χ3v) is 3.71. The normalized spacial score (nSPS) is 18.1. The highest BCUT2D eigenvalue weighted by molar-refractivity contribution is 5.40. The summed E-state index contributed by atoms with van der Waals surface area (Å²) in [4.78, 5) is 2.42. The van der Waals surface area contributed by atoms with Gasteiger partial charge in [-0.15, -0.1) is 0 Å². The van der Waals surface area contributed by atoms with Gasteiger partial charge in [-0.2, -0.15) is 0 Å². The van der Waals surface area contributed by atoms with Crippen LogP contribution in [0.25, 0.3) is 0 Å². The Balaban J connectivity index is 1.74. The summed E-state index contributed by atoms with van der Waals surface area (Å²) in [5, 5.41) is 3.49. The van der Waals surface area contributed by atoms with Crippen LogP contribution in [-0.2, 0) is 0 Å². The van der Waals surface area contributed by atoms with E-state index in [1.54, 1.807) is 0 Å². The average molecular weight is 278 g/mol. The molecule has 1 aliphatic rings.